The molecule has 19 heavy (non-hydrogen) atoms. The van der Waals surface area contributed by atoms with Gasteiger partial charge in [-0.3, -0.25) is 0 Å². The molecule has 0 amide bonds. The van der Waals surface area contributed by atoms with E-state index < -0.39 is 11.5 Å². The molecule has 0 radical (unpaired) electrons. The molecular weight excluding hydrogens is 250 g/mol. The van der Waals surface area contributed by atoms with Crippen molar-refractivity contribution >= 4 is 10.9 Å². The molecule has 0 aliphatic heterocycles. The molecule has 0 saturated heterocycles. The third-order valence-electron chi connectivity index (χ3n) is 3.57. The minimum Gasteiger partial charge on any atom is -0.481 e. The van der Waals surface area contributed by atoms with Gasteiger partial charge in [0.25, 0.3) is 5.92 Å². The molecule has 1 heterocycles. The van der Waals surface area contributed by atoms with Gasteiger partial charge in [-0.15, -0.1) is 0 Å². The van der Waals surface area contributed by atoms with Crippen molar-refractivity contribution < 1.29 is 13.5 Å². The fourth-order valence-corrected chi connectivity index (χ4v) is 2.67. The zero-order chi connectivity index (χ0) is 13.7. The first-order valence-corrected chi connectivity index (χ1v) is 6.05. The van der Waals surface area contributed by atoms with Crippen LogP contribution in [0.1, 0.15) is 18.4 Å². The number of hydrogen-bond acceptors (Lipinski definition) is 3. The van der Waals surface area contributed by atoms with E-state index >= 15 is 0 Å². The number of nitrogens with two attached hydrogens (primary N) is 1. The second-order valence-corrected chi connectivity index (χ2v) is 5.10. The summed E-state index contributed by atoms with van der Waals surface area (Å²) in [5, 5.41) is 0.873. The Morgan fingerprint density at radius 3 is 2.58 bits per heavy atom. The number of pyridine rings is 1. The number of methoxy groups -OCH3 is 1. The first-order chi connectivity index (χ1) is 8.93. The van der Waals surface area contributed by atoms with E-state index in [2.05, 4.69) is 4.98 Å². The van der Waals surface area contributed by atoms with Crippen LogP contribution in [0.4, 0.5) is 8.78 Å². The van der Waals surface area contributed by atoms with Crippen LogP contribution in [0.25, 0.3) is 10.9 Å². The lowest BCUT2D eigenvalue weighted by molar-refractivity contribution is -0.125. The second-order valence-electron chi connectivity index (χ2n) is 5.10. The van der Waals surface area contributed by atoms with Crippen molar-refractivity contribution in [2.45, 2.75) is 24.3 Å². The quantitative estimate of drug-likeness (QED) is 0.907. The molecule has 1 aliphatic rings. The molecule has 1 fully saturated rings. The fourth-order valence-electron chi connectivity index (χ4n) is 2.67. The summed E-state index contributed by atoms with van der Waals surface area (Å²) in [5.41, 5.74) is 6.33. The van der Waals surface area contributed by atoms with Crippen LogP contribution in [0, 0.1) is 0 Å². The van der Waals surface area contributed by atoms with Crippen molar-refractivity contribution in [2.24, 2.45) is 5.73 Å². The SMILES string of the molecule is COc1nc2ccccc2cc1C1(N)CC(F)(F)C1. The number of ether oxygens (including phenoxy) is 1. The highest BCUT2D eigenvalue weighted by molar-refractivity contribution is 5.80. The van der Waals surface area contributed by atoms with Crippen LogP contribution < -0.4 is 10.5 Å². The van der Waals surface area contributed by atoms with Gasteiger partial charge < -0.3 is 10.5 Å². The van der Waals surface area contributed by atoms with Crippen molar-refractivity contribution in [1.82, 2.24) is 4.98 Å². The number of rotatable bonds is 2. The predicted molar refractivity (Wildman–Crippen MR) is 68.3 cm³/mol. The Hall–Kier alpha value is -1.75. The van der Waals surface area contributed by atoms with Crippen molar-refractivity contribution in [3.8, 4) is 5.88 Å². The summed E-state index contributed by atoms with van der Waals surface area (Å²) in [6.07, 6.45) is -0.729. The Bertz CT molecular complexity index is 634. The standard InChI is InChI=1S/C14H14F2N2O/c1-19-12-10(13(17)7-14(15,16)8-13)6-9-4-2-3-5-11(9)18-12/h2-6H,7-8,17H2,1H3. The molecule has 1 aromatic carbocycles. The van der Waals surface area contributed by atoms with Crippen molar-refractivity contribution in [3.63, 3.8) is 0 Å². The largest absolute Gasteiger partial charge is 0.481 e. The average molecular weight is 264 g/mol. The Balaban J connectivity index is 2.12. The third kappa shape index (κ3) is 1.94. The fraction of sp³-hybridized carbons (Fsp3) is 0.357. The zero-order valence-electron chi connectivity index (χ0n) is 10.5. The van der Waals surface area contributed by atoms with Gasteiger partial charge in [-0.1, -0.05) is 18.2 Å². The first-order valence-electron chi connectivity index (χ1n) is 6.05. The van der Waals surface area contributed by atoms with Gasteiger partial charge in [0.05, 0.1) is 18.2 Å². The van der Waals surface area contributed by atoms with Gasteiger partial charge in [0.1, 0.15) is 0 Å². The van der Waals surface area contributed by atoms with Gasteiger partial charge in [0, 0.05) is 23.8 Å². The highest BCUT2D eigenvalue weighted by Gasteiger charge is 2.56. The summed E-state index contributed by atoms with van der Waals surface area (Å²) in [4.78, 5) is 4.34. The van der Waals surface area contributed by atoms with Crippen LogP contribution in [-0.2, 0) is 5.54 Å². The molecule has 2 N–H and O–H groups in total. The first kappa shape index (κ1) is 12.3. The van der Waals surface area contributed by atoms with Crippen molar-refractivity contribution in [2.75, 3.05) is 7.11 Å². The van der Waals surface area contributed by atoms with Gasteiger partial charge in [0.15, 0.2) is 0 Å². The van der Waals surface area contributed by atoms with E-state index in [1.165, 1.54) is 7.11 Å². The van der Waals surface area contributed by atoms with Gasteiger partial charge in [-0.05, 0) is 12.1 Å². The van der Waals surface area contributed by atoms with E-state index in [1.54, 1.807) is 6.07 Å². The van der Waals surface area contributed by atoms with E-state index in [0.29, 0.717) is 11.4 Å². The van der Waals surface area contributed by atoms with Gasteiger partial charge >= 0.3 is 0 Å². The second kappa shape index (κ2) is 3.87. The number of fused-ring (bicyclic) bond motifs is 1. The number of halogens is 2. The number of para-hydroxylation sites is 1. The Kier molecular flexibility index (Phi) is 2.50. The topological polar surface area (TPSA) is 48.1 Å². The Morgan fingerprint density at radius 2 is 1.95 bits per heavy atom. The van der Waals surface area contributed by atoms with E-state index in [1.807, 2.05) is 24.3 Å². The summed E-state index contributed by atoms with van der Waals surface area (Å²) in [5.74, 6) is -2.36. The number of alkyl halides is 2. The van der Waals surface area contributed by atoms with E-state index in [0.717, 1.165) is 10.9 Å². The molecule has 1 saturated carbocycles. The highest BCUT2D eigenvalue weighted by atomic mass is 19.3. The molecule has 5 heteroatoms. The van der Waals surface area contributed by atoms with Gasteiger partial charge in [-0.2, -0.15) is 0 Å². The molecular formula is C14H14F2N2O. The van der Waals surface area contributed by atoms with Gasteiger partial charge in [0.2, 0.25) is 5.88 Å². The van der Waals surface area contributed by atoms with Crippen LogP contribution in [0.15, 0.2) is 30.3 Å². The lowest BCUT2D eigenvalue weighted by Crippen LogP contribution is -2.55. The molecule has 0 spiro atoms. The van der Waals surface area contributed by atoms with Crippen LogP contribution >= 0.6 is 0 Å². The lowest BCUT2D eigenvalue weighted by Gasteiger charge is -2.45. The number of nitrogens with zero attached hydrogens (tertiary/aromatic N) is 1. The molecule has 2 aromatic rings. The third-order valence-corrected chi connectivity index (χ3v) is 3.57. The van der Waals surface area contributed by atoms with Crippen molar-refractivity contribution in [3.05, 3.63) is 35.9 Å². The summed E-state index contributed by atoms with van der Waals surface area (Å²) in [7, 11) is 1.47. The molecule has 0 atom stereocenters. The molecule has 0 bridgehead atoms. The van der Waals surface area contributed by atoms with Gasteiger partial charge in [-0.25, -0.2) is 13.8 Å². The highest BCUT2D eigenvalue weighted by Crippen LogP contribution is 2.51. The molecule has 1 aliphatic carbocycles. The van der Waals surface area contributed by atoms with Crippen LogP contribution in [-0.4, -0.2) is 18.0 Å². The predicted octanol–water partition coefficient (Wildman–Crippen LogP) is 2.83. The molecule has 3 nitrogen and oxygen atoms in total. The molecule has 1 aromatic heterocycles. The maximum absolute atomic E-state index is 13.1. The lowest BCUT2D eigenvalue weighted by atomic mass is 9.70. The summed E-state index contributed by atoms with van der Waals surface area (Å²) < 4.78 is 31.5. The number of benzene rings is 1. The minimum atomic E-state index is -2.69. The van der Waals surface area contributed by atoms with Crippen LogP contribution in [0.2, 0.25) is 0 Å². The molecule has 3 rings (SSSR count). The monoisotopic (exact) mass is 264 g/mol. The maximum Gasteiger partial charge on any atom is 0.252 e. The zero-order valence-corrected chi connectivity index (χ0v) is 10.5. The maximum atomic E-state index is 13.1. The minimum absolute atomic E-state index is 0.330. The summed E-state index contributed by atoms with van der Waals surface area (Å²) in [6.45, 7) is 0. The van der Waals surface area contributed by atoms with Crippen LogP contribution in [0.3, 0.4) is 0 Å². The van der Waals surface area contributed by atoms with Crippen molar-refractivity contribution in [1.29, 1.82) is 0 Å². The summed E-state index contributed by atoms with van der Waals surface area (Å²) >= 11 is 0. The number of aromatic nitrogens is 1. The van der Waals surface area contributed by atoms with E-state index in [4.69, 9.17) is 10.5 Å². The van der Waals surface area contributed by atoms with Crippen LogP contribution in [0.5, 0.6) is 5.88 Å². The molecule has 0 unspecified atom stereocenters. The van der Waals surface area contributed by atoms with E-state index in [-0.39, 0.29) is 12.8 Å². The number of hydrogen-bond donors (Lipinski definition) is 1. The van der Waals surface area contributed by atoms with E-state index in [9.17, 15) is 8.78 Å². The summed E-state index contributed by atoms with van der Waals surface area (Å²) in [6, 6.07) is 9.27. The smallest absolute Gasteiger partial charge is 0.252 e. The average Bonchev–Trinajstić information content (AvgIpc) is 2.34. The Labute approximate surface area is 109 Å². The Morgan fingerprint density at radius 1 is 1.26 bits per heavy atom. The molecule has 100 valence electrons. The normalized spacial score (nSPS) is 20.0.